The van der Waals surface area contributed by atoms with Gasteiger partial charge in [-0.3, -0.25) is 9.59 Å². The number of hydrogen-bond acceptors (Lipinski definition) is 3. The van der Waals surface area contributed by atoms with Gasteiger partial charge in [0.15, 0.2) is 6.61 Å². The Hall–Kier alpha value is -1.95. The maximum absolute atomic E-state index is 13.1. The van der Waals surface area contributed by atoms with E-state index in [1.807, 2.05) is 0 Å². The lowest BCUT2D eigenvalue weighted by molar-refractivity contribution is -0.142. The molecule has 31 heavy (non-hydrogen) atoms. The first-order chi connectivity index (χ1) is 14.8. The summed E-state index contributed by atoms with van der Waals surface area (Å²) in [6, 6.07) is 11.4. The Balaban J connectivity index is 1.74. The topological polar surface area (TPSA) is 58.6 Å². The molecule has 166 valence electrons. The summed E-state index contributed by atoms with van der Waals surface area (Å²) >= 11 is 18.3. The number of ether oxygens (including phenoxy) is 1. The van der Waals surface area contributed by atoms with E-state index in [9.17, 15) is 9.59 Å². The number of carbonyl (C=O) groups is 2. The molecule has 1 saturated carbocycles. The van der Waals surface area contributed by atoms with Gasteiger partial charge in [0.1, 0.15) is 11.8 Å². The lowest BCUT2D eigenvalue weighted by Gasteiger charge is -2.30. The van der Waals surface area contributed by atoms with Crippen molar-refractivity contribution in [2.24, 2.45) is 0 Å². The summed E-state index contributed by atoms with van der Waals surface area (Å²) in [4.78, 5) is 27.4. The Labute approximate surface area is 197 Å². The average Bonchev–Trinajstić information content (AvgIpc) is 3.24. The number of nitrogens with zero attached hydrogens (tertiary/aromatic N) is 1. The highest BCUT2D eigenvalue weighted by Gasteiger charge is 2.29. The summed E-state index contributed by atoms with van der Waals surface area (Å²) in [6.07, 6.45) is 4.15. The molecule has 2 aromatic rings. The Morgan fingerprint density at radius 3 is 2.48 bits per heavy atom. The van der Waals surface area contributed by atoms with Gasteiger partial charge in [-0.1, -0.05) is 59.8 Å². The third kappa shape index (κ3) is 6.76. The number of benzene rings is 2. The fraction of sp³-hybridized carbons (Fsp3) is 0.391. The molecule has 1 fully saturated rings. The van der Waals surface area contributed by atoms with Gasteiger partial charge in [-0.25, -0.2) is 0 Å². The zero-order valence-corrected chi connectivity index (χ0v) is 19.5. The maximum atomic E-state index is 13.1. The normalized spacial score (nSPS) is 14.8. The van der Waals surface area contributed by atoms with Gasteiger partial charge in [-0.05, 0) is 55.7 Å². The van der Waals surface area contributed by atoms with Crippen molar-refractivity contribution in [3.63, 3.8) is 0 Å². The van der Waals surface area contributed by atoms with E-state index in [0.717, 1.165) is 25.7 Å². The molecular formula is C23H25Cl3N2O3. The van der Waals surface area contributed by atoms with E-state index in [2.05, 4.69) is 5.32 Å². The molecule has 0 bridgehead atoms. The molecule has 0 heterocycles. The van der Waals surface area contributed by atoms with Crippen molar-refractivity contribution in [2.75, 3.05) is 6.61 Å². The number of hydrogen-bond donors (Lipinski definition) is 1. The minimum Gasteiger partial charge on any atom is -0.484 e. The van der Waals surface area contributed by atoms with Crippen LogP contribution in [0.4, 0.5) is 0 Å². The first-order valence-electron chi connectivity index (χ1n) is 10.3. The lowest BCUT2D eigenvalue weighted by Crippen LogP contribution is -2.50. The number of carbonyl (C=O) groups excluding carboxylic acids is 2. The van der Waals surface area contributed by atoms with Crippen LogP contribution in [0.15, 0.2) is 42.5 Å². The van der Waals surface area contributed by atoms with Crippen LogP contribution in [0.1, 0.15) is 38.2 Å². The van der Waals surface area contributed by atoms with E-state index < -0.39 is 6.04 Å². The Morgan fingerprint density at radius 2 is 1.81 bits per heavy atom. The molecule has 0 spiro atoms. The maximum Gasteiger partial charge on any atom is 0.261 e. The minimum absolute atomic E-state index is 0.160. The average molecular weight is 484 g/mol. The zero-order chi connectivity index (χ0) is 22.4. The van der Waals surface area contributed by atoms with Crippen molar-refractivity contribution in [3.8, 4) is 5.75 Å². The molecule has 1 atom stereocenters. The van der Waals surface area contributed by atoms with Gasteiger partial charge in [-0.15, -0.1) is 0 Å². The molecular weight excluding hydrogens is 459 g/mol. The standard InChI is InChI=1S/C23H25Cl3N2O3/c1-15(23(30)27-19-6-2-3-7-19)28(13-16-9-10-18(25)12-21(16)26)22(29)14-31-20-8-4-5-17(24)11-20/h4-5,8-12,15,19H,2-3,6-7,13-14H2,1H3,(H,27,30). The van der Waals surface area contributed by atoms with E-state index in [0.29, 0.717) is 26.4 Å². The van der Waals surface area contributed by atoms with E-state index >= 15 is 0 Å². The van der Waals surface area contributed by atoms with Gasteiger partial charge in [0.2, 0.25) is 5.91 Å². The number of amides is 2. The molecule has 2 aromatic carbocycles. The van der Waals surface area contributed by atoms with Gasteiger partial charge in [0.25, 0.3) is 5.91 Å². The Morgan fingerprint density at radius 1 is 1.10 bits per heavy atom. The van der Waals surface area contributed by atoms with Gasteiger partial charge in [0.05, 0.1) is 0 Å². The number of rotatable bonds is 8. The van der Waals surface area contributed by atoms with Gasteiger partial charge in [0, 0.05) is 27.7 Å². The molecule has 0 aliphatic heterocycles. The second-order valence-electron chi connectivity index (χ2n) is 7.67. The third-order valence-corrected chi connectivity index (χ3v) is 6.21. The first kappa shape index (κ1) is 23.7. The minimum atomic E-state index is -0.692. The van der Waals surface area contributed by atoms with Crippen molar-refractivity contribution >= 4 is 46.6 Å². The second kappa shape index (κ2) is 11.1. The van der Waals surface area contributed by atoms with E-state index in [1.54, 1.807) is 49.4 Å². The van der Waals surface area contributed by atoms with E-state index in [4.69, 9.17) is 39.5 Å². The summed E-state index contributed by atoms with van der Waals surface area (Å²) in [5, 5.41) is 4.51. The van der Waals surface area contributed by atoms with E-state index in [1.165, 1.54) is 4.90 Å². The summed E-state index contributed by atoms with van der Waals surface area (Å²) in [5.41, 5.74) is 0.697. The molecule has 3 rings (SSSR count). The van der Waals surface area contributed by atoms with Crippen molar-refractivity contribution in [2.45, 2.75) is 51.2 Å². The van der Waals surface area contributed by atoms with E-state index in [-0.39, 0.29) is 31.0 Å². The summed E-state index contributed by atoms with van der Waals surface area (Å²) < 4.78 is 5.62. The molecule has 1 aliphatic rings. The summed E-state index contributed by atoms with van der Waals surface area (Å²) in [7, 11) is 0. The Bertz CT molecular complexity index is 932. The summed E-state index contributed by atoms with van der Waals surface area (Å²) in [6.45, 7) is 1.64. The van der Waals surface area contributed by atoms with Crippen LogP contribution in [0.25, 0.3) is 0 Å². The molecule has 1 N–H and O–H groups in total. The second-order valence-corrected chi connectivity index (χ2v) is 8.95. The molecule has 5 nitrogen and oxygen atoms in total. The van der Waals surface area contributed by atoms with Crippen LogP contribution in [-0.2, 0) is 16.1 Å². The molecule has 1 unspecified atom stereocenters. The van der Waals surface area contributed by atoms with Crippen LogP contribution in [0.2, 0.25) is 15.1 Å². The molecule has 0 saturated heterocycles. The number of nitrogens with one attached hydrogen (secondary N) is 1. The SMILES string of the molecule is CC(C(=O)NC1CCCC1)N(Cc1ccc(Cl)cc1Cl)C(=O)COc1cccc(Cl)c1. The predicted octanol–water partition coefficient (Wildman–Crippen LogP) is 5.50. The van der Waals surface area contributed by atoms with Crippen LogP contribution in [0.5, 0.6) is 5.75 Å². The zero-order valence-electron chi connectivity index (χ0n) is 17.2. The van der Waals surface area contributed by atoms with Crippen LogP contribution in [-0.4, -0.2) is 35.4 Å². The van der Waals surface area contributed by atoms with Gasteiger partial charge >= 0.3 is 0 Å². The quantitative estimate of drug-likeness (QED) is 0.539. The molecule has 1 aliphatic carbocycles. The fourth-order valence-corrected chi connectivity index (χ4v) is 4.24. The van der Waals surface area contributed by atoms with Crippen LogP contribution < -0.4 is 10.1 Å². The lowest BCUT2D eigenvalue weighted by atomic mass is 10.1. The van der Waals surface area contributed by atoms with Crippen molar-refractivity contribution in [1.29, 1.82) is 0 Å². The van der Waals surface area contributed by atoms with Crippen LogP contribution in [0, 0.1) is 0 Å². The van der Waals surface area contributed by atoms with Gasteiger partial charge < -0.3 is 15.0 Å². The molecule has 8 heteroatoms. The van der Waals surface area contributed by atoms with Gasteiger partial charge in [-0.2, -0.15) is 0 Å². The highest BCUT2D eigenvalue weighted by Crippen LogP contribution is 2.24. The summed E-state index contributed by atoms with van der Waals surface area (Å²) in [5.74, 6) is -0.0402. The van der Waals surface area contributed by atoms with Crippen molar-refractivity contribution in [1.82, 2.24) is 10.2 Å². The van der Waals surface area contributed by atoms with Crippen LogP contribution >= 0.6 is 34.8 Å². The molecule has 2 amide bonds. The van der Waals surface area contributed by atoms with Crippen LogP contribution in [0.3, 0.4) is 0 Å². The highest BCUT2D eigenvalue weighted by molar-refractivity contribution is 6.35. The fourth-order valence-electron chi connectivity index (χ4n) is 3.59. The molecule has 0 radical (unpaired) electrons. The van der Waals surface area contributed by atoms with Crippen molar-refractivity contribution in [3.05, 3.63) is 63.1 Å². The largest absolute Gasteiger partial charge is 0.484 e. The molecule has 0 aromatic heterocycles. The first-order valence-corrected chi connectivity index (χ1v) is 11.4. The monoisotopic (exact) mass is 482 g/mol. The smallest absolute Gasteiger partial charge is 0.261 e. The Kier molecular flexibility index (Phi) is 8.47. The predicted molar refractivity (Wildman–Crippen MR) is 124 cm³/mol. The number of halogens is 3. The highest BCUT2D eigenvalue weighted by atomic mass is 35.5. The third-order valence-electron chi connectivity index (χ3n) is 5.38. The van der Waals surface area contributed by atoms with Crippen molar-refractivity contribution < 1.29 is 14.3 Å².